The van der Waals surface area contributed by atoms with Gasteiger partial charge in [-0.25, -0.2) is 0 Å². The van der Waals surface area contributed by atoms with E-state index in [0.29, 0.717) is 6.42 Å². The molecule has 24 heavy (non-hydrogen) atoms. The number of halogens is 1. The van der Waals surface area contributed by atoms with E-state index in [1.807, 2.05) is 0 Å². The van der Waals surface area contributed by atoms with E-state index in [1.54, 1.807) is 0 Å². The Morgan fingerprint density at radius 3 is 2.46 bits per heavy atom. The summed E-state index contributed by atoms with van der Waals surface area (Å²) in [7, 11) is 0. The second kappa shape index (κ2) is 9.43. The predicted molar refractivity (Wildman–Crippen MR) is 102 cm³/mol. The van der Waals surface area contributed by atoms with Crippen LogP contribution in [0.4, 0.5) is 0 Å². The molecule has 1 saturated carbocycles. The molecule has 1 amide bonds. The Labute approximate surface area is 152 Å². The molecule has 134 valence electrons. The standard InChI is InChI=1S/C20H30N2O.ClH/c23-19(9-8-17-10-14-21-15-11-17)22-16-20(12-4-5-13-20)18-6-2-1-3-7-18;/h1-3,6-7,17,21H,4-5,8-16H2,(H,22,23);1H. The van der Waals surface area contributed by atoms with Crippen LogP contribution in [0.1, 0.15) is 56.9 Å². The van der Waals surface area contributed by atoms with Gasteiger partial charge in [-0.2, -0.15) is 0 Å². The molecule has 1 heterocycles. The fourth-order valence-electron chi connectivity index (χ4n) is 4.27. The highest BCUT2D eigenvalue weighted by Crippen LogP contribution is 2.40. The molecule has 0 atom stereocenters. The second-order valence-electron chi connectivity index (χ2n) is 7.36. The van der Waals surface area contributed by atoms with Crippen molar-refractivity contribution in [1.82, 2.24) is 10.6 Å². The monoisotopic (exact) mass is 350 g/mol. The maximum atomic E-state index is 12.3. The van der Waals surface area contributed by atoms with Crippen molar-refractivity contribution in [1.29, 1.82) is 0 Å². The van der Waals surface area contributed by atoms with Gasteiger partial charge in [-0.3, -0.25) is 4.79 Å². The molecule has 1 aromatic rings. The first kappa shape index (κ1) is 19.3. The number of carbonyl (C=O) groups excluding carboxylic acids is 1. The molecule has 2 fully saturated rings. The smallest absolute Gasteiger partial charge is 0.220 e. The van der Waals surface area contributed by atoms with Crippen LogP contribution in [0.15, 0.2) is 30.3 Å². The van der Waals surface area contributed by atoms with Gasteiger partial charge in [-0.05, 0) is 56.7 Å². The molecule has 1 aliphatic heterocycles. The Balaban J connectivity index is 0.00000208. The lowest BCUT2D eigenvalue weighted by Crippen LogP contribution is -2.39. The van der Waals surface area contributed by atoms with Gasteiger partial charge in [0.2, 0.25) is 5.91 Å². The van der Waals surface area contributed by atoms with Crippen LogP contribution in [0.2, 0.25) is 0 Å². The number of benzene rings is 1. The molecule has 0 radical (unpaired) electrons. The number of amides is 1. The van der Waals surface area contributed by atoms with Crippen LogP contribution in [0, 0.1) is 5.92 Å². The van der Waals surface area contributed by atoms with Crippen molar-refractivity contribution in [2.75, 3.05) is 19.6 Å². The van der Waals surface area contributed by atoms with Crippen LogP contribution in [0.25, 0.3) is 0 Å². The van der Waals surface area contributed by atoms with Crippen LogP contribution in [0.5, 0.6) is 0 Å². The maximum Gasteiger partial charge on any atom is 0.220 e. The predicted octanol–water partition coefficient (Wildman–Crippen LogP) is 3.82. The molecule has 0 bridgehead atoms. The van der Waals surface area contributed by atoms with Crippen LogP contribution >= 0.6 is 12.4 Å². The maximum absolute atomic E-state index is 12.3. The first-order valence-electron chi connectivity index (χ1n) is 9.31. The van der Waals surface area contributed by atoms with Crippen LogP contribution in [-0.2, 0) is 10.2 Å². The minimum Gasteiger partial charge on any atom is -0.355 e. The second-order valence-corrected chi connectivity index (χ2v) is 7.36. The van der Waals surface area contributed by atoms with Crippen molar-refractivity contribution in [3.05, 3.63) is 35.9 Å². The fourth-order valence-corrected chi connectivity index (χ4v) is 4.27. The Morgan fingerprint density at radius 2 is 1.79 bits per heavy atom. The van der Waals surface area contributed by atoms with E-state index in [2.05, 4.69) is 41.0 Å². The van der Waals surface area contributed by atoms with E-state index >= 15 is 0 Å². The van der Waals surface area contributed by atoms with Crippen molar-refractivity contribution < 1.29 is 4.79 Å². The third-order valence-corrected chi connectivity index (χ3v) is 5.81. The van der Waals surface area contributed by atoms with Gasteiger partial charge >= 0.3 is 0 Å². The van der Waals surface area contributed by atoms with Gasteiger partial charge in [-0.1, -0.05) is 43.2 Å². The quantitative estimate of drug-likeness (QED) is 0.819. The number of rotatable bonds is 6. The summed E-state index contributed by atoms with van der Waals surface area (Å²) < 4.78 is 0. The summed E-state index contributed by atoms with van der Waals surface area (Å²) >= 11 is 0. The molecule has 1 saturated heterocycles. The summed E-state index contributed by atoms with van der Waals surface area (Å²) in [5, 5.41) is 6.64. The van der Waals surface area contributed by atoms with Crippen LogP contribution < -0.4 is 10.6 Å². The number of carbonyl (C=O) groups is 1. The molecule has 1 aliphatic carbocycles. The van der Waals surface area contributed by atoms with Crippen molar-refractivity contribution in [3.63, 3.8) is 0 Å². The Morgan fingerprint density at radius 1 is 1.12 bits per heavy atom. The SMILES string of the molecule is Cl.O=C(CCC1CCNCC1)NCC1(c2ccccc2)CCCC1. The minimum absolute atomic E-state index is 0. The summed E-state index contributed by atoms with van der Waals surface area (Å²) in [5.41, 5.74) is 1.57. The zero-order chi connectivity index (χ0) is 16.0. The van der Waals surface area contributed by atoms with Crippen molar-refractivity contribution in [2.45, 2.75) is 56.8 Å². The molecule has 2 aliphatic rings. The fraction of sp³-hybridized carbons (Fsp3) is 0.650. The molecule has 3 nitrogen and oxygen atoms in total. The summed E-state index contributed by atoms with van der Waals surface area (Å²) in [6, 6.07) is 10.8. The molecule has 1 aromatic carbocycles. The lowest BCUT2D eigenvalue weighted by molar-refractivity contribution is -0.121. The number of hydrogen-bond donors (Lipinski definition) is 2. The normalized spacial score (nSPS) is 20.3. The van der Waals surface area contributed by atoms with Gasteiger partial charge in [0.15, 0.2) is 0 Å². The molecule has 3 rings (SSSR count). The summed E-state index contributed by atoms with van der Waals surface area (Å²) in [6.07, 6.45) is 9.14. The summed E-state index contributed by atoms with van der Waals surface area (Å²) in [4.78, 5) is 12.3. The number of nitrogens with one attached hydrogen (secondary N) is 2. The minimum atomic E-state index is 0. The summed E-state index contributed by atoms with van der Waals surface area (Å²) in [6.45, 7) is 3.04. The lowest BCUT2D eigenvalue weighted by atomic mass is 9.79. The molecule has 0 aromatic heterocycles. The third-order valence-electron chi connectivity index (χ3n) is 5.81. The van der Waals surface area contributed by atoms with Gasteiger partial charge in [0.05, 0.1) is 0 Å². The van der Waals surface area contributed by atoms with E-state index in [0.717, 1.165) is 32.0 Å². The van der Waals surface area contributed by atoms with Gasteiger partial charge in [-0.15, -0.1) is 12.4 Å². The van der Waals surface area contributed by atoms with E-state index < -0.39 is 0 Å². The van der Waals surface area contributed by atoms with Crippen LogP contribution in [-0.4, -0.2) is 25.5 Å². The number of hydrogen-bond acceptors (Lipinski definition) is 2. The zero-order valence-corrected chi connectivity index (χ0v) is 15.4. The first-order valence-corrected chi connectivity index (χ1v) is 9.31. The first-order chi connectivity index (χ1) is 11.3. The summed E-state index contributed by atoms with van der Waals surface area (Å²) in [5.74, 6) is 0.974. The highest BCUT2D eigenvalue weighted by molar-refractivity contribution is 5.85. The van der Waals surface area contributed by atoms with E-state index in [4.69, 9.17) is 0 Å². The molecular formula is C20H31ClN2O. The molecule has 0 unspecified atom stereocenters. The van der Waals surface area contributed by atoms with Crippen molar-refractivity contribution in [2.24, 2.45) is 5.92 Å². The Bertz CT molecular complexity index is 494. The molecule has 0 spiro atoms. The van der Waals surface area contributed by atoms with Crippen molar-refractivity contribution in [3.8, 4) is 0 Å². The average molecular weight is 351 g/mol. The van der Waals surface area contributed by atoms with Crippen molar-refractivity contribution >= 4 is 18.3 Å². The molecule has 2 N–H and O–H groups in total. The van der Waals surface area contributed by atoms with Gasteiger partial charge < -0.3 is 10.6 Å². The van der Waals surface area contributed by atoms with Gasteiger partial charge in [0, 0.05) is 18.4 Å². The van der Waals surface area contributed by atoms with Gasteiger partial charge in [0.1, 0.15) is 0 Å². The Kier molecular flexibility index (Phi) is 7.57. The zero-order valence-electron chi connectivity index (χ0n) is 14.6. The largest absolute Gasteiger partial charge is 0.355 e. The lowest BCUT2D eigenvalue weighted by Gasteiger charge is -2.30. The van der Waals surface area contributed by atoms with E-state index in [-0.39, 0.29) is 23.7 Å². The van der Waals surface area contributed by atoms with Gasteiger partial charge in [0.25, 0.3) is 0 Å². The van der Waals surface area contributed by atoms with E-state index in [1.165, 1.54) is 44.1 Å². The topological polar surface area (TPSA) is 41.1 Å². The number of piperidine rings is 1. The Hall–Kier alpha value is -1.06. The average Bonchev–Trinajstić information content (AvgIpc) is 3.10. The van der Waals surface area contributed by atoms with E-state index in [9.17, 15) is 4.79 Å². The molecule has 4 heteroatoms. The van der Waals surface area contributed by atoms with Crippen LogP contribution in [0.3, 0.4) is 0 Å². The highest BCUT2D eigenvalue weighted by Gasteiger charge is 2.35. The highest BCUT2D eigenvalue weighted by atomic mass is 35.5. The molecular weight excluding hydrogens is 320 g/mol. The third kappa shape index (κ3) is 4.97.